The number of aromatic nitrogens is 2. The number of carbonyl (C=O) groups is 1. The molecule has 21 heavy (non-hydrogen) atoms. The smallest absolute Gasteiger partial charge is 0.299 e. The maximum atomic E-state index is 12.4. The number of benzene rings is 1. The summed E-state index contributed by atoms with van der Waals surface area (Å²) in [5, 5.41) is 10.0. The normalized spacial score (nSPS) is 12.0. The summed E-state index contributed by atoms with van der Waals surface area (Å²) in [7, 11) is 0. The van der Waals surface area contributed by atoms with Crippen LogP contribution in [0, 0.1) is 8.54 Å². The molecule has 0 spiro atoms. The van der Waals surface area contributed by atoms with Gasteiger partial charge in [-0.15, -0.1) is 0 Å². The van der Waals surface area contributed by atoms with Gasteiger partial charge in [-0.3, -0.25) is 4.79 Å². The molecule has 0 atom stereocenters. The van der Waals surface area contributed by atoms with Crippen LogP contribution in [0.25, 0.3) is 17.1 Å². The number of furan rings is 1. The highest BCUT2D eigenvalue weighted by atomic mass is 127. The van der Waals surface area contributed by atoms with Crippen molar-refractivity contribution in [1.29, 1.82) is 0 Å². The van der Waals surface area contributed by atoms with E-state index in [1.165, 1.54) is 10.6 Å². The van der Waals surface area contributed by atoms with Crippen molar-refractivity contribution in [2.24, 2.45) is 0 Å². The van der Waals surface area contributed by atoms with E-state index in [2.05, 4.69) is 4.98 Å². The second-order valence-electron chi connectivity index (χ2n) is 4.26. The summed E-state index contributed by atoms with van der Waals surface area (Å²) in [5.41, 5.74) is 1.35. The number of aliphatic hydroxyl groups excluding tert-OH is 1. The van der Waals surface area contributed by atoms with E-state index in [1.54, 1.807) is 24.3 Å². The van der Waals surface area contributed by atoms with Crippen LogP contribution in [0.1, 0.15) is 10.6 Å². The van der Waals surface area contributed by atoms with Gasteiger partial charge in [-0.05, 0) is 59.1 Å². The maximum Gasteiger partial charge on any atom is 0.299 e. The molecule has 0 aliphatic heterocycles. The van der Waals surface area contributed by atoms with E-state index in [1.807, 2.05) is 34.7 Å². The zero-order valence-electron chi connectivity index (χ0n) is 10.5. The average Bonchev–Trinajstić information content (AvgIpc) is 3.00. The van der Waals surface area contributed by atoms with E-state index < -0.39 is 11.7 Å². The number of allylic oxidation sites excluding steroid dienone is 1. The van der Waals surface area contributed by atoms with Crippen LogP contribution >= 0.6 is 34.8 Å². The fourth-order valence-electron chi connectivity index (χ4n) is 1.97. The Balaban J connectivity index is 2.06. The summed E-state index contributed by atoms with van der Waals surface area (Å²) in [4.78, 5) is 15.3. The van der Waals surface area contributed by atoms with Crippen molar-refractivity contribution in [3.8, 4) is 0 Å². The third-order valence-corrected chi connectivity index (χ3v) is 3.75. The Morgan fingerprint density at radius 2 is 2.10 bits per heavy atom. The highest BCUT2D eigenvalue weighted by molar-refractivity contribution is 14.1. The summed E-state index contributed by atoms with van der Waals surface area (Å²) < 4.78 is 7.45. The van der Waals surface area contributed by atoms with Crippen molar-refractivity contribution in [3.63, 3.8) is 0 Å². The summed E-state index contributed by atoms with van der Waals surface area (Å²) in [5.74, 6) is -0.651. The summed E-state index contributed by atoms with van der Waals surface area (Å²) in [6.07, 6.45) is 1.27. The lowest BCUT2D eigenvalue weighted by Gasteiger charge is -2.01. The number of H-pyrrole nitrogens is 1. The summed E-state index contributed by atoms with van der Waals surface area (Å²) >= 11 is 7.14. The van der Waals surface area contributed by atoms with Gasteiger partial charge in [-0.1, -0.05) is 12.1 Å². The number of aliphatic hydroxyl groups is 1. The van der Waals surface area contributed by atoms with E-state index in [4.69, 9.17) is 16.6 Å². The number of para-hydroxylation sites is 2. The Bertz CT molecular complexity index is 920. The molecule has 2 heterocycles. The van der Waals surface area contributed by atoms with E-state index in [0.717, 1.165) is 5.52 Å². The first-order chi connectivity index (χ1) is 10.1. The van der Waals surface area contributed by atoms with Gasteiger partial charge in [0.05, 0.1) is 11.0 Å². The molecule has 3 aromatic rings. The van der Waals surface area contributed by atoms with Crippen molar-refractivity contribution >= 4 is 57.8 Å². The lowest BCUT2D eigenvalue weighted by atomic mass is 10.3. The minimum Gasteiger partial charge on any atom is -0.503 e. The molecule has 2 aromatic heterocycles. The Morgan fingerprint density at radius 3 is 2.81 bits per heavy atom. The molecule has 0 aliphatic carbocycles. The second-order valence-corrected chi connectivity index (χ2v) is 5.71. The topological polar surface area (TPSA) is 71.2 Å². The molecule has 7 heteroatoms. The minimum absolute atomic E-state index is 0.232. The van der Waals surface area contributed by atoms with Gasteiger partial charge >= 0.3 is 0 Å². The van der Waals surface area contributed by atoms with Crippen LogP contribution in [0.5, 0.6) is 0 Å². The quantitative estimate of drug-likeness (QED) is 0.287. The molecule has 106 valence electrons. The molecule has 2 N–H and O–H groups in total. The molecule has 0 fully saturated rings. The molecule has 0 saturated carbocycles. The largest absolute Gasteiger partial charge is 0.503 e. The predicted octanol–water partition coefficient (Wildman–Crippen LogP) is 4.14. The third kappa shape index (κ3) is 2.66. The predicted molar refractivity (Wildman–Crippen MR) is 89.8 cm³/mol. The lowest BCUT2D eigenvalue weighted by Crippen LogP contribution is -2.13. The van der Waals surface area contributed by atoms with Gasteiger partial charge in [-0.2, -0.15) is 0 Å². The van der Waals surface area contributed by atoms with Gasteiger partial charge in [-0.25, -0.2) is 4.57 Å². The number of nitrogens with one attached hydrogen (secondary N) is 1. The molecule has 0 saturated heterocycles. The standard InChI is InChI=1S/C14H9IN2O3S/c15-12-6-5-8(20-12)7-11(18)13(19)17-10-4-2-1-3-9(10)16-14(17)21/h1-7,18H,(H,16,21)/b11-7+. The molecule has 0 amide bonds. The first kappa shape index (κ1) is 14.1. The van der Waals surface area contributed by atoms with E-state index in [0.29, 0.717) is 15.0 Å². The van der Waals surface area contributed by atoms with Crippen molar-refractivity contribution < 1.29 is 14.3 Å². The fraction of sp³-hybridized carbons (Fsp3) is 0. The van der Waals surface area contributed by atoms with Crippen LogP contribution in [0.2, 0.25) is 0 Å². The molecule has 0 bridgehead atoms. The van der Waals surface area contributed by atoms with Gasteiger partial charge in [0, 0.05) is 6.08 Å². The Labute approximate surface area is 138 Å². The lowest BCUT2D eigenvalue weighted by molar-refractivity contribution is 0.0904. The highest BCUT2D eigenvalue weighted by Crippen LogP contribution is 2.17. The van der Waals surface area contributed by atoms with Gasteiger partial charge in [0.1, 0.15) is 5.76 Å². The van der Waals surface area contributed by atoms with Crippen LogP contribution in [0.15, 0.2) is 46.6 Å². The summed E-state index contributed by atoms with van der Waals surface area (Å²) in [6, 6.07) is 10.6. The number of imidazole rings is 1. The second kappa shape index (κ2) is 5.49. The zero-order valence-corrected chi connectivity index (χ0v) is 13.5. The first-order valence-corrected chi connectivity index (χ1v) is 7.45. The first-order valence-electron chi connectivity index (χ1n) is 5.97. The molecular formula is C14H9IN2O3S. The van der Waals surface area contributed by atoms with Gasteiger partial charge < -0.3 is 14.5 Å². The number of rotatable bonds is 2. The number of aromatic amines is 1. The highest BCUT2D eigenvalue weighted by Gasteiger charge is 2.16. The molecule has 5 nitrogen and oxygen atoms in total. The van der Waals surface area contributed by atoms with E-state index >= 15 is 0 Å². The van der Waals surface area contributed by atoms with Gasteiger partial charge in [0.15, 0.2) is 14.3 Å². The number of fused-ring (bicyclic) bond motifs is 1. The maximum absolute atomic E-state index is 12.4. The molecule has 1 aromatic carbocycles. The minimum atomic E-state index is -0.608. The van der Waals surface area contributed by atoms with Crippen LogP contribution in [-0.2, 0) is 0 Å². The molecule has 0 aliphatic rings. The van der Waals surface area contributed by atoms with Crippen molar-refractivity contribution in [2.75, 3.05) is 0 Å². The van der Waals surface area contributed by atoms with Crippen molar-refractivity contribution in [3.05, 3.63) is 56.5 Å². The number of hydrogen-bond acceptors (Lipinski definition) is 4. The van der Waals surface area contributed by atoms with E-state index in [-0.39, 0.29) is 4.77 Å². The number of hydrogen-bond donors (Lipinski definition) is 2. The fourth-order valence-corrected chi connectivity index (χ4v) is 2.70. The third-order valence-electron chi connectivity index (χ3n) is 2.88. The molecule has 0 unspecified atom stereocenters. The van der Waals surface area contributed by atoms with E-state index in [9.17, 15) is 9.90 Å². The number of halogens is 1. The van der Waals surface area contributed by atoms with Crippen LogP contribution in [0.3, 0.4) is 0 Å². The molecule has 0 radical (unpaired) electrons. The molecular weight excluding hydrogens is 403 g/mol. The summed E-state index contributed by atoms with van der Waals surface area (Å²) in [6.45, 7) is 0. The SMILES string of the molecule is O=C(/C(O)=C\c1ccc(I)o1)n1c(=S)[nH]c2ccccc21. The Kier molecular flexibility index (Phi) is 3.68. The monoisotopic (exact) mass is 412 g/mol. The molecule has 3 rings (SSSR count). The number of carbonyl (C=O) groups excluding carboxylic acids is 1. The van der Waals surface area contributed by atoms with Crippen LogP contribution in [0.4, 0.5) is 0 Å². The van der Waals surface area contributed by atoms with Crippen molar-refractivity contribution in [1.82, 2.24) is 9.55 Å². The van der Waals surface area contributed by atoms with Crippen LogP contribution < -0.4 is 0 Å². The van der Waals surface area contributed by atoms with Gasteiger partial charge in [0.2, 0.25) is 0 Å². The Morgan fingerprint density at radius 1 is 1.33 bits per heavy atom. The van der Waals surface area contributed by atoms with Crippen molar-refractivity contribution in [2.45, 2.75) is 0 Å². The van der Waals surface area contributed by atoms with Gasteiger partial charge in [0.25, 0.3) is 5.91 Å². The zero-order chi connectivity index (χ0) is 15.0. The Hall–Kier alpha value is -1.87. The van der Waals surface area contributed by atoms with Crippen LogP contribution in [-0.4, -0.2) is 20.6 Å². The number of nitrogens with zero attached hydrogens (tertiary/aromatic N) is 1. The average molecular weight is 412 g/mol.